The quantitative estimate of drug-likeness (QED) is 0.339. The molecule has 4 rings (SSSR count). The Kier molecular flexibility index (Phi) is 7.84. The summed E-state index contributed by atoms with van der Waals surface area (Å²) in [6, 6.07) is 14.9. The molecule has 9 nitrogen and oxygen atoms in total. The first-order valence-corrected chi connectivity index (χ1v) is 12.5. The smallest absolute Gasteiger partial charge is 0.338 e. The Morgan fingerprint density at radius 1 is 1.14 bits per heavy atom. The first-order valence-electron chi connectivity index (χ1n) is 11.5. The maximum absolute atomic E-state index is 13.3. The number of allylic oxidation sites excluding steroid dienone is 1. The molecule has 2 aromatic carbocycles. The molecule has 0 aliphatic carbocycles. The van der Waals surface area contributed by atoms with Gasteiger partial charge in [0, 0.05) is 5.56 Å². The highest BCUT2D eigenvalue weighted by Gasteiger charge is 2.39. The van der Waals surface area contributed by atoms with Gasteiger partial charge in [0.2, 0.25) is 5.88 Å². The predicted molar refractivity (Wildman–Crippen MR) is 139 cm³/mol. The van der Waals surface area contributed by atoms with Gasteiger partial charge >= 0.3 is 5.97 Å². The van der Waals surface area contributed by atoms with E-state index in [1.807, 2.05) is 31.2 Å². The van der Waals surface area contributed by atoms with Crippen LogP contribution in [0.5, 0.6) is 11.5 Å². The highest BCUT2D eigenvalue weighted by molar-refractivity contribution is 7.99. The van der Waals surface area contributed by atoms with Crippen LogP contribution in [0.25, 0.3) is 11.0 Å². The van der Waals surface area contributed by atoms with Gasteiger partial charge in [-0.1, -0.05) is 36.0 Å². The van der Waals surface area contributed by atoms with E-state index >= 15 is 0 Å². The maximum Gasteiger partial charge on any atom is 0.338 e. The number of rotatable bonds is 8. The third kappa shape index (κ3) is 5.04. The summed E-state index contributed by atoms with van der Waals surface area (Å²) < 4.78 is 22.3. The first-order chi connectivity index (χ1) is 17.9. The van der Waals surface area contributed by atoms with Gasteiger partial charge in [0.15, 0.2) is 11.5 Å². The van der Waals surface area contributed by atoms with Crippen LogP contribution in [-0.2, 0) is 14.3 Å². The van der Waals surface area contributed by atoms with E-state index in [2.05, 4.69) is 11.1 Å². The fourth-order valence-electron chi connectivity index (χ4n) is 4.15. The van der Waals surface area contributed by atoms with Gasteiger partial charge < -0.3 is 24.7 Å². The van der Waals surface area contributed by atoms with Crippen molar-refractivity contribution in [1.82, 2.24) is 9.97 Å². The van der Waals surface area contributed by atoms with E-state index in [0.717, 1.165) is 16.7 Å². The number of nitriles is 1. The number of thioether (sulfide) groups is 1. The van der Waals surface area contributed by atoms with Crippen LogP contribution in [0.3, 0.4) is 0 Å². The molecule has 1 aliphatic heterocycles. The van der Waals surface area contributed by atoms with Crippen LogP contribution in [0.15, 0.2) is 70.3 Å². The number of methoxy groups -OCH3 is 2. The number of ether oxygens (including phenoxy) is 4. The largest absolute Gasteiger partial charge is 0.493 e. The van der Waals surface area contributed by atoms with Gasteiger partial charge in [-0.2, -0.15) is 5.26 Å². The molecule has 2 heterocycles. The van der Waals surface area contributed by atoms with E-state index in [0.29, 0.717) is 22.1 Å². The molecule has 1 atom stereocenters. The molecule has 0 bridgehead atoms. The van der Waals surface area contributed by atoms with Gasteiger partial charge in [-0.3, -0.25) is 0 Å². The lowest BCUT2D eigenvalue weighted by molar-refractivity contribution is -0.139. The molecule has 0 fully saturated rings. The standard InChI is InChI=1S/C27H26N4O5S/c1-5-35-27(32)23-21(14-37-26-15(2)30-18-10-6-7-11-19(18)31-26)36-25(29)17(13-28)22(23)16-9-8-12-20(33-3)24(16)34-4/h6-12,22H,5,14,29H2,1-4H3. The summed E-state index contributed by atoms with van der Waals surface area (Å²) in [5.41, 5.74) is 9.27. The lowest BCUT2D eigenvalue weighted by atomic mass is 9.82. The Morgan fingerprint density at radius 2 is 1.86 bits per heavy atom. The number of fused-ring (bicyclic) bond motifs is 1. The number of para-hydroxylation sites is 3. The molecule has 0 saturated carbocycles. The molecule has 3 aromatic rings. The molecule has 1 aliphatic rings. The number of carbonyl (C=O) groups excluding carboxylic acids is 1. The SMILES string of the molecule is CCOC(=O)C1=C(CSc2nc3ccccc3nc2C)OC(N)=C(C#N)C1c1cccc(OC)c1OC. The maximum atomic E-state index is 13.3. The van der Waals surface area contributed by atoms with Gasteiger partial charge in [0.25, 0.3) is 0 Å². The molecule has 0 spiro atoms. The Morgan fingerprint density at radius 3 is 2.51 bits per heavy atom. The van der Waals surface area contributed by atoms with E-state index in [1.165, 1.54) is 26.0 Å². The van der Waals surface area contributed by atoms with Crippen molar-refractivity contribution >= 4 is 28.8 Å². The minimum absolute atomic E-state index is 0.0741. The zero-order chi connectivity index (χ0) is 26.5. The van der Waals surface area contributed by atoms with Crippen LogP contribution in [0, 0.1) is 18.3 Å². The average molecular weight is 519 g/mol. The third-order valence-electron chi connectivity index (χ3n) is 5.78. The Bertz CT molecular complexity index is 1460. The van der Waals surface area contributed by atoms with Gasteiger partial charge in [-0.05, 0) is 32.0 Å². The number of aromatic nitrogens is 2. The summed E-state index contributed by atoms with van der Waals surface area (Å²) in [4.78, 5) is 22.7. The summed E-state index contributed by atoms with van der Waals surface area (Å²) in [7, 11) is 3.00. The molecule has 10 heteroatoms. The summed E-state index contributed by atoms with van der Waals surface area (Å²) >= 11 is 1.35. The number of hydrogen-bond donors (Lipinski definition) is 1. The lowest BCUT2D eigenvalue weighted by Gasteiger charge is -2.29. The third-order valence-corrected chi connectivity index (χ3v) is 6.84. The fourth-order valence-corrected chi connectivity index (χ4v) is 5.05. The molecule has 0 amide bonds. The highest BCUT2D eigenvalue weighted by atomic mass is 32.2. The Hall–Kier alpha value is -4.23. The molecule has 190 valence electrons. The van der Waals surface area contributed by atoms with Crippen LogP contribution in [0.1, 0.15) is 24.1 Å². The zero-order valence-corrected chi connectivity index (χ0v) is 21.7. The fraction of sp³-hybridized carbons (Fsp3) is 0.259. The van der Waals surface area contributed by atoms with E-state index in [-0.39, 0.29) is 35.1 Å². The number of nitrogens with two attached hydrogens (primary N) is 1. The van der Waals surface area contributed by atoms with Crippen LogP contribution < -0.4 is 15.2 Å². The monoisotopic (exact) mass is 518 g/mol. The van der Waals surface area contributed by atoms with Gasteiger partial charge in [0.05, 0.1) is 54.8 Å². The van der Waals surface area contributed by atoms with Crippen LogP contribution >= 0.6 is 11.8 Å². The minimum Gasteiger partial charge on any atom is -0.493 e. The van der Waals surface area contributed by atoms with Gasteiger partial charge in [-0.15, -0.1) is 0 Å². The van der Waals surface area contributed by atoms with E-state index in [4.69, 9.17) is 29.7 Å². The van der Waals surface area contributed by atoms with Crippen molar-refractivity contribution < 1.29 is 23.7 Å². The van der Waals surface area contributed by atoms with Crippen LogP contribution in [-0.4, -0.2) is 42.5 Å². The van der Waals surface area contributed by atoms with E-state index < -0.39 is 11.9 Å². The van der Waals surface area contributed by atoms with Crippen molar-refractivity contribution in [2.75, 3.05) is 26.6 Å². The van der Waals surface area contributed by atoms with Crippen molar-refractivity contribution in [1.29, 1.82) is 5.26 Å². The van der Waals surface area contributed by atoms with E-state index in [9.17, 15) is 10.1 Å². The predicted octanol–water partition coefficient (Wildman–Crippen LogP) is 4.37. The molecule has 1 unspecified atom stereocenters. The number of esters is 1. The van der Waals surface area contributed by atoms with Crippen molar-refractivity contribution in [2.45, 2.75) is 24.8 Å². The van der Waals surface area contributed by atoms with Crippen LogP contribution in [0.4, 0.5) is 0 Å². The number of aryl methyl sites for hydroxylation is 1. The molecule has 1 aromatic heterocycles. The van der Waals surface area contributed by atoms with Crippen molar-refractivity contribution in [3.05, 3.63) is 76.5 Å². The lowest BCUT2D eigenvalue weighted by Crippen LogP contribution is -2.27. The van der Waals surface area contributed by atoms with Crippen molar-refractivity contribution in [3.63, 3.8) is 0 Å². The summed E-state index contributed by atoms with van der Waals surface area (Å²) in [6.07, 6.45) is 0. The second-order valence-electron chi connectivity index (χ2n) is 7.96. The number of carbonyl (C=O) groups is 1. The molecular formula is C27H26N4O5S. The van der Waals surface area contributed by atoms with E-state index in [1.54, 1.807) is 25.1 Å². The van der Waals surface area contributed by atoms with Gasteiger partial charge in [-0.25, -0.2) is 14.8 Å². The summed E-state index contributed by atoms with van der Waals surface area (Å²) in [6.45, 7) is 3.72. The topological polar surface area (TPSA) is 130 Å². The molecule has 0 saturated heterocycles. The zero-order valence-electron chi connectivity index (χ0n) is 20.9. The number of benzene rings is 2. The second-order valence-corrected chi connectivity index (χ2v) is 8.92. The van der Waals surface area contributed by atoms with Gasteiger partial charge in [0.1, 0.15) is 22.4 Å². The number of hydrogen-bond acceptors (Lipinski definition) is 10. The molecular weight excluding hydrogens is 492 g/mol. The van der Waals surface area contributed by atoms with Crippen molar-refractivity contribution in [3.8, 4) is 17.6 Å². The molecule has 0 radical (unpaired) electrons. The Balaban J connectivity index is 1.83. The highest BCUT2D eigenvalue weighted by Crippen LogP contribution is 2.46. The minimum atomic E-state index is -0.887. The average Bonchev–Trinajstić information content (AvgIpc) is 2.90. The Labute approximate surface area is 218 Å². The summed E-state index contributed by atoms with van der Waals surface area (Å²) in [5.74, 6) is -0.307. The normalized spacial score (nSPS) is 15.3. The van der Waals surface area contributed by atoms with Crippen molar-refractivity contribution in [2.24, 2.45) is 5.73 Å². The second kappa shape index (κ2) is 11.2. The number of nitrogens with zero attached hydrogens (tertiary/aromatic N) is 3. The molecule has 2 N–H and O–H groups in total. The molecule has 37 heavy (non-hydrogen) atoms. The first kappa shape index (κ1) is 25.9. The van der Waals surface area contributed by atoms with Crippen LogP contribution in [0.2, 0.25) is 0 Å². The summed E-state index contributed by atoms with van der Waals surface area (Å²) in [5, 5.41) is 10.7.